The summed E-state index contributed by atoms with van der Waals surface area (Å²) in [4.78, 5) is 24.9. The molecule has 8 heteroatoms. The molecule has 2 aromatic rings. The molecule has 2 atom stereocenters. The third-order valence-electron chi connectivity index (χ3n) is 3.28. The molecule has 5 nitrogen and oxygen atoms in total. The third-order valence-corrected chi connectivity index (χ3v) is 4.89. The van der Waals surface area contributed by atoms with Crippen LogP contribution in [0.1, 0.15) is 17.3 Å². The summed E-state index contributed by atoms with van der Waals surface area (Å²) < 4.78 is 16.9. The van der Waals surface area contributed by atoms with E-state index in [0.29, 0.717) is 4.90 Å². The highest BCUT2D eigenvalue weighted by Crippen LogP contribution is 2.30. The Balaban J connectivity index is 2.11. The Morgan fingerprint density at radius 1 is 1.08 bits per heavy atom. The number of nitrogens with one attached hydrogen (secondary N) is 1. The van der Waals surface area contributed by atoms with Gasteiger partial charge in [-0.1, -0.05) is 41.4 Å². The molecule has 0 saturated carbocycles. The van der Waals surface area contributed by atoms with Crippen molar-refractivity contribution in [3.05, 3.63) is 58.1 Å². The van der Waals surface area contributed by atoms with Gasteiger partial charge in [-0.3, -0.25) is 9.00 Å². The number of para-hydroxylation sites is 1. The zero-order valence-electron chi connectivity index (χ0n) is 13.4. The van der Waals surface area contributed by atoms with Gasteiger partial charge in [0.25, 0.3) is 5.91 Å². The first-order valence-electron chi connectivity index (χ1n) is 7.19. The SMILES string of the molecule is C[C@@H](OC(=O)c1ccccc1[S@](C)=O)C(=O)Nc1c(Cl)cccc1Cl. The van der Waals surface area contributed by atoms with Crippen molar-refractivity contribution in [1.82, 2.24) is 0 Å². The summed E-state index contributed by atoms with van der Waals surface area (Å²) in [6, 6.07) is 11.2. The van der Waals surface area contributed by atoms with Crippen molar-refractivity contribution in [2.24, 2.45) is 0 Å². The van der Waals surface area contributed by atoms with Crippen LogP contribution in [0.25, 0.3) is 0 Å². The molecule has 1 N–H and O–H groups in total. The molecule has 0 spiro atoms. The second-order valence-corrected chi connectivity index (χ2v) is 7.25. The van der Waals surface area contributed by atoms with Crippen LogP contribution in [0.15, 0.2) is 47.4 Å². The number of hydrogen-bond donors (Lipinski definition) is 1. The normalized spacial score (nSPS) is 13.0. The number of benzene rings is 2. The predicted octanol–water partition coefficient (Wildman–Crippen LogP) is 3.91. The van der Waals surface area contributed by atoms with Crippen LogP contribution >= 0.6 is 23.2 Å². The number of anilines is 1. The molecule has 0 radical (unpaired) electrons. The fourth-order valence-electron chi connectivity index (χ4n) is 2.01. The lowest BCUT2D eigenvalue weighted by Crippen LogP contribution is -2.30. The van der Waals surface area contributed by atoms with Gasteiger partial charge in [0.15, 0.2) is 6.10 Å². The molecule has 0 bridgehead atoms. The smallest absolute Gasteiger partial charge is 0.340 e. The Labute approximate surface area is 157 Å². The van der Waals surface area contributed by atoms with Crippen LogP contribution < -0.4 is 5.32 Å². The quantitative estimate of drug-likeness (QED) is 0.773. The van der Waals surface area contributed by atoms with Crippen molar-refractivity contribution in [2.75, 3.05) is 11.6 Å². The highest BCUT2D eigenvalue weighted by molar-refractivity contribution is 7.84. The zero-order chi connectivity index (χ0) is 18.6. The topological polar surface area (TPSA) is 72.5 Å². The predicted molar refractivity (Wildman–Crippen MR) is 98.7 cm³/mol. The van der Waals surface area contributed by atoms with Gasteiger partial charge in [0, 0.05) is 6.26 Å². The van der Waals surface area contributed by atoms with Crippen LogP contribution in [-0.2, 0) is 20.3 Å². The Hall–Kier alpha value is -1.89. The number of hydrogen-bond acceptors (Lipinski definition) is 4. The lowest BCUT2D eigenvalue weighted by Gasteiger charge is -2.15. The minimum absolute atomic E-state index is 0.152. The van der Waals surface area contributed by atoms with Crippen LogP contribution in [0.3, 0.4) is 0 Å². The Bertz CT molecular complexity index is 821. The van der Waals surface area contributed by atoms with Crippen LogP contribution in [0.5, 0.6) is 0 Å². The molecule has 0 aliphatic rings. The van der Waals surface area contributed by atoms with Gasteiger partial charge in [-0.25, -0.2) is 4.79 Å². The molecule has 2 aromatic carbocycles. The van der Waals surface area contributed by atoms with Crippen molar-refractivity contribution < 1.29 is 18.5 Å². The fourth-order valence-corrected chi connectivity index (χ4v) is 3.23. The molecule has 132 valence electrons. The van der Waals surface area contributed by atoms with Crippen LogP contribution in [0.4, 0.5) is 5.69 Å². The number of amides is 1. The molecule has 2 rings (SSSR count). The zero-order valence-corrected chi connectivity index (χ0v) is 15.7. The maximum absolute atomic E-state index is 12.3. The molecule has 0 aromatic heterocycles. The Kier molecular flexibility index (Phi) is 6.58. The van der Waals surface area contributed by atoms with E-state index in [1.807, 2.05) is 0 Å². The van der Waals surface area contributed by atoms with Crippen molar-refractivity contribution in [3.8, 4) is 0 Å². The number of carbonyl (C=O) groups excluding carboxylic acids is 2. The standard InChI is InChI=1S/C17H15Cl2NO4S/c1-10(16(21)20-15-12(18)7-5-8-13(15)19)24-17(22)11-6-3-4-9-14(11)25(2)23/h3-10H,1-2H3,(H,20,21)/t10-,25+/m1/s1. The van der Waals surface area contributed by atoms with Gasteiger partial charge < -0.3 is 10.1 Å². The highest BCUT2D eigenvalue weighted by Gasteiger charge is 2.22. The van der Waals surface area contributed by atoms with Gasteiger partial charge in [-0.05, 0) is 31.2 Å². The summed E-state index contributed by atoms with van der Waals surface area (Å²) in [5, 5.41) is 3.07. The van der Waals surface area contributed by atoms with E-state index in [9.17, 15) is 13.8 Å². The summed E-state index contributed by atoms with van der Waals surface area (Å²) in [6.07, 6.45) is 0.361. The van der Waals surface area contributed by atoms with Crippen molar-refractivity contribution in [1.29, 1.82) is 0 Å². The number of carbonyl (C=O) groups is 2. The first-order chi connectivity index (χ1) is 11.8. The van der Waals surface area contributed by atoms with E-state index >= 15 is 0 Å². The summed E-state index contributed by atoms with van der Waals surface area (Å²) in [6.45, 7) is 1.42. The largest absolute Gasteiger partial charge is 0.449 e. The average Bonchev–Trinajstić information content (AvgIpc) is 2.57. The van der Waals surface area contributed by atoms with Crippen LogP contribution in [-0.4, -0.2) is 28.4 Å². The van der Waals surface area contributed by atoms with Crippen LogP contribution in [0.2, 0.25) is 10.0 Å². The Morgan fingerprint density at radius 2 is 1.68 bits per heavy atom. The van der Waals surface area contributed by atoms with E-state index in [1.165, 1.54) is 19.2 Å². The van der Waals surface area contributed by atoms with E-state index in [1.54, 1.807) is 36.4 Å². The maximum Gasteiger partial charge on any atom is 0.340 e. The van der Waals surface area contributed by atoms with E-state index in [2.05, 4.69) is 5.32 Å². The molecule has 0 saturated heterocycles. The first kappa shape index (κ1) is 19.4. The van der Waals surface area contributed by atoms with Crippen molar-refractivity contribution in [3.63, 3.8) is 0 Å². The summed E-state index contributed by atoms with van der Waals surface area (Å²) in [5.41, 5.74) is 0.396. The van der Waals surface area contributed by atoms with E-state index in [4.69, 9.17) is 27.9 Å². The van der Waals surface area contributed by atoms with Gasteiger partial charge in [0.2, 0.25) is 0 Å². The third kappa shape index (κ3) is 4.81. The number of rotatable bonds is 5. The second kappa shape index (κ2) is 8.47. The summed E-state index contributed by atoms with van der Waals surface area (Å²) in [5.74, 6) is -1.32. The summed E-state index contributed by atoms with van der Waals surface area (Å²) >= 11 is 12.0. The average molecular weight is 400 g/mol. The van der Waals surface area contributed by atoms with Gasteiger partial charge in [-0.2, -0.15) is 0 Å². The molecule has 0 aliphatic heterocycles. The van der Waals surface area contributed by atoms with E-state index in [-0.39, 0.29) is 21.3 Å². The number of esters is 1. The van der Waals surface area contributed by atoms with Gasteiger partial charge in [0.1, 0.15) is 0 Å². The lowest BCUT2D eigenvalue weighted by atomic mass is 10.2. The van der Waals surface area contributed by atoms with E-state index in [0.717, 1.165) is 0 Å². The van der Waals surface area contributed by atoms with Gasteiger partial charge in [0.05, 0.1) is 37.0 Å². The molecule has 1 amide bonds. The molecule has 0 fully saturated rings. The number of halogens is 2. The molecule has 0 aliphatic carbocycles. The summed E-state index contributed by atoms with van der Waals surface area (Å²) in [7, 11) is -1.36. The molecule has 25 heavy (non-hydrogen) atoms. The molecule has 0 unspecified atom stereocenters. The van der Waals surface area contributed by atoms with Gasteiger partial charge >= 0.3 is 5.97 Å². The fraction of sp³-hybridized carbons (Fsp3) is 0.176. The minimum Gasteiger partial charge on any atom is -0.449 e. The second-order valence-electron chi connectivity index (χ2n) is 5.08. The minimum atomic E-state index is -1.36. The highest BCUT2D eigenvalue weighted by atomic mass is 35.5. The maximum atomic E-state index is 12.3. The van der Waals surface area contributed by atoms with Crippen molar-refractivity contribution >= 4 is 51.6 Å². The lowest BCUT2D eigenvalue weighted by molar-refractivity contribution is -0.123. The van der Waals surface area contributed by atoms with E-state index < -0.39 is 28.8 Å². The van der Waals surface area contributed by atoms with Crippen LogP contribution in [0, 0.1) is 0 Å². The number of ether oxygens (including phenoxy) is 1. The van der Waals surface area contributed by atoms with Crippen molar-refractivity contribution in [2.45, 2.75) is 17.9 Å². The molecule has 0 heterocycles. The monoisotopic (exact) mass is 399 g/mol. The molecular formula is C17H15Cl2NO4S. The van der Waals surface area contributed by atoms with Gasteiger partial charge in [-0.15, -0.1) is 0 Å². The first-order valence-corrected chi connectivity index (χ1v) is 9.51. The molecular weight excluding hydrogens is 385 g/mol. The Morgan fingerprint density at radius 3 is 2.28 bits per heavy atom.